The van der Waals surface area contributed by atoms with Crippen molar-refractivity contribution in [3.8, 4) is 17.0 Å². The van der Waals surface area contributed by atoms with Gasteiger partial charge in [0.2, 0.25) is 0 Å². The number of carbonyl (C=O) groups is 1. The maximum absolute atomic E-state index is 13.4. The van der Waals surface area contributed by atoms with Gasteiger partial charge in [0, 0.05) is 16.7 Å². The van der Waals surface area contributed by atoms with Crippen molar-refractivity contribution in [2.75, 3.05) is 6.61 Å². The van der Waals surface area contributed by atoms with Crippen LogP contribution in [0.15, 0.2) is 54.6 Å². The number of aromatic nitrogens is 2. The lowest BCUT2D eigenvalue weighted by atomic mass is 9.93. The number of ether oxygens (including phenoxy) is 1. The van der Waals surface area contributed by atoms with Crippen LogP contribution in [0, 0.1) is 0 Å². The molecule has 1 amide bonds. The second-order valence-electron chi connectivity index (χ2n) is 9.10. The molecule has 0 saturated carbocycles. The molecule has 0 bridgehead atoms. The summed E-state index contributed by atoms with van der Waals surface area (Å²) in [6.45, 7) is 9.14. The van der Waals surface area contributed by atoms with Gasteiger partial charge in [-0.25, -0.2) is 0 Å². The van der Waals surface area contributed by atoms with Crippen LogP contribution in [0.2, 0.25) is 0 Å². The lowest BCUT2D eigenvalue weighted by Gasteiger charge is -2.37. The van der Waals surface area contributed by atoms with E-state index in [9.17, 15) is 4.79 Å². The van der Waals surface area contributed by atoms with Crippen molar-refractivity contribution < 1.29 is 9.53 Å². The SMILES string of the molecule is CCCCCOc1ccc(C2c3c(-c4ccccc4)n[nH]c3C(=O)N2C(C)(C)C)cc1. The summed E-state index contributed by atoms with van der Waals surface area (Å²) >= 11 is 0. The molecule has 0 aliphatic carbocycles. The third-order valence-electron chi connectivity index (χ3n) is 5.75. The lowest BCUT2D eigenvalue weighted by molar-refractivity contribution is 0.0546. The number of carbonyl (C=O) groups excluding carboxylic acids is 1. The number of H-pyrrole nitrogens is 1. The highest BCUT2D eigenvalue weighted by molar-refractivity contribution is 6.00. The predicted molar refractivity (Wildman–Crippen MR) is 123 cm³/mol. The number of benzene rings is 2. The molecule has 1 N–H and O–H groups in total. The highest BCUT2D eigenvalue weighted by Gasteiger charge is 2.46. The van der Waals surface area contributed by atoms with E-state index < -0.39 is 0 Å². The smallest absolute Gasteiger partial charge is 0.273 e. The molecule has 0 fully saturated rings. The molecule has 162 valence electrons. The summed E-state index contributed by atoms with van der Waals surface area (Å²) in [5.41, 5.74) is 4.08. The van der Waals surface area contributed by atoms with E-state index in [0.29, 0.717) is 5.69 Å². The van der Waals surface area contributed by atoms with E-state index in [1.807, 2.05) is 47.4 Å². The Labute approximate surface area is 184 Å². The number of fused-ring (bicyclic) bond motifs is 1. The van der Waals surface area contributed by atoms with Crippen LogP contribution in [0.1, 0.15) is 74.6 Å². The lowest BCUT2D eigenvalue weighted by Crippen LogP contribution is -2.44. The number of aromatic amines is 1. The van der Waals surface area contributed by atoms with Crippen molar-refractivity contribution in [3.63, 3.8) is 0 Å². The molecule has 5 nitrogen and oxygen atoms in total. The monoisotopic (exact) mass is 417 g/mol. The topological polar surface area (TPSA) is 58.2 Å². The molecular weight excluding hydrogens is 386 g/mol. The molecule has 4 rings (SSSR count). The summed E-state index contributed by atoms with van der Waals surface area (Å²) < 4.78 is 5.89. The van der Waals surface area contributed by atoms with Crippen molar-refractivity contribution in [2.45, 2.75) is 58.5 Å². The first-order valence-electron chi connectivity index (χ1n) is 11.1. The van der Waals surface area contributed by atoms with Crippen LogP contribution >= 0.6 is 0 Å². The van der Waals surface area contributed by atoms with E-state index in [2.05, 4.69) is 50.0 Å². The molecular formula is C26H31N3O2. The Morgan fingerprint density at radius 3 is 2.39 bits per heavy atom. The molecule has 31 heavy (non-hydrogen) atoms. The van der Waals surface area contributed by atoms with Gasteiger partial charge in [-0.15, -0.1) is 0 Å². The molecule has 0 spiro atoms. The number of hydrogen-bond acceptors (Lipinski definition) is 3. The molecule has 1 aliphatic heterocycles. The third kappa shape index (κ3) is 4.09. The fourth-order valence-corrected chi connectivity index (χ4v) is 4.26. The minimum absolute atomic E-state index is 0.0120. The predicted octanol–water partition coefficient (Wildman–Crippen LogP) is 5.99. The van der Waals surface area contributed by atoms with Crippen molar-refractivity contribution >= 4 is 5.91 Å². The van der Waals surface area contributed by atoms with Crippen LogP contribution in [0.4, 0.5) is 0 Å². The van der Waals surface area contributed by atoms with Crippen molar-refractivity contribution in [3.05, 3.63) is 71.4 Å². The van der Waals surface area contributed by atoms with E-state index in [1.54, 1.807) is 0 Å². The van der Waals surface area contributed by atoms with Gasteiger partial charge in [0.25, 0.3) is 5.91 Å². The molecule has 2 heterocycles. The minimum Gasteiger partial charge on any atom is -0.494 e. The van der Waals surface area contributed by atoms with E-state index in [1.165, 1.54) is 12.8 Å². The van der Waals surface area contributed by atoms with Gasteiger partial charge < -0.3 is 9.64 Å². The van der Waals surface area contributed by atoms with Crippen molar-refractivity contribution in [1.82, 2.24) is 15.1 Å². The molecule has 0 saturated heterocycles. The number of unbranched alkanes of at least 4 members (excludes halogenated alkanes) is 2. The normalized spacial score (nSPS) is 15.9. The van der Waals surface area contributed by atoms with E-state index in [4.69, 9.17) is 4.74 Å². The molecule has 1 aliphatic rings. The Bertz CT molecular complexity index is 1030. The van der Waals surface area contributed by atoms with Crippen LogP contribution in [-0.4, -0.2) is 33.2 Å². The van der Waals surface area contributed by atoms with E-state index >= 15 is 0 Å². The third-order valence-corrected chi connectivity index (χ3v) is 5.75. The second-order valence-corrected chi connectivity index (χ2v) is 9.10. The molecule has 3 aromatic rings. The van der Waals surface area contributed by atoms with E-state index in [-0.39, 0.29) is 17.5 Å². The average Bonchev–Trinajstić information content (AvgIpc) is 3.31. The maximum Gasteiger partial charge on any atom is 0.273 e. The molecule has 1 atom stereocenters. The molecule has 1 aromatic heterocycles. The molecule has 1 unspecified atom stereocenters. The zero-order chi connectivity index (χ0) is 22.0. The second kappa shape index (κ2) is 8.58. The van der Waals surface area contributed by atoms with Crippen LogP contribution in [0.5, 0.6) is 5.75 Å². The zero-order valence-corrected chi connectivity index (χ0v) is 18.8. The van der Waals surface area contributed by atoms with E-state index in [0.717, 1.165) is 41.2 Å². The summed E-state index contributed by atoms with van der Waals surface area (Å²) in [6, 6.07) is 18.0. The largest absolute Gasteiger partial charge is 0.494 e. The standard InChI is InChI=1S/C26H31N3O2/c1-5-6-10-17-31-20-15-13-19(14-16-20)24-21-22(18-11-8-7-9-12-18)27-28-23(21)25(30)29(24)26(2,3)4/h7-9,11-16,24H,5-6,10,17H2,1-4H3,(H,27,28). The Hall–Kier alpha value is -3.08. The van der Waals surface area contributed by atoms with Crippen LogP contribution in [-0.2, 0) is 0 Å². The Balaban J connectivity index is 1.72. The first-order valence-corrected chi connectivity index (χ1v) is 11.1. The van der Waals surface area contributed by atoms with Gasteiger partial charge >= 0.3 is 0 Å². The van der Waals surface area contributed by atoms with Gasteiger partial charge in [-0.2, -0.15) is 5.10 Å². The van der Waals surface area contributed by atoms with Gasteiger partial charge in [-0.3, -0.25) is 9.89 Å². The number of amides is 1. The van der Waals surface area contributed by atoms with Crippen LogP contribution in [0.3, 0.4) is 0 Å². The van der Waals surface area contributed by atoms with Crippen LogP contribution in [0.25, 0.3) is 11.3 Å². The summed E-state index contributed by atoms with van der Waals surface area (Å²) in [4.78, 5) is 15.3. The number of nitrogens with zero attached hydrogens (tertiary/aromatic N) is 2. The van der Waals surface area contributed by atoms with Gasteiger partial charge in [0.1, 0.15) is 11.4 Å². The Morgan fingerprint density at radius 1 is 1.03 bits per heavy atom. The van der Waals surface area contributed by atoms with Gasteiger partial charge in [0.15, 0.2) is 0 Å². The van der Waals surface area contributed by atoms with Crippen molar-refractivity contribution in [1.29, 1.82) is 0 Å². The summed E-state index contributed by atoms with van der Waals surface area (Å²) in [5, 5.41) is 7.55. The summed E-state index contributed by atoms with van der Waals surface area (Å²) in [5.74, 6) is 0.851. The molecule has 2 aromatic carbocycles. The fraction of sp³-hybridized carbons (Fsp3) is 0.385. The number of rotatable bonds is 7. The minimum atomic E-state index is -0.342. The Morgan fingerprint density at radius 2 is 1.74 bits per heavy atom. The van der Waals surface area contributed by atoms with Crippen molar-refractivity contribution in [2.24, 2.45) is 0 Å². The molecule has 5 heteroatoms. The average molecular weight is 418 g/mol. The van der Waals surface area contributed by atoms with Gasteiger partial charge in [-0.05, 0) is 44.9 Å². The quantitative estimate of drug-likeness (QED) is 0.480. The molecule has 0 radical (unpaired) electrons. The first-order chi connectivity index (χ1) is 14.9. The van der Waals surface area contributed by atoms with Gasteiger partial charge in [-0.1, -0.05) is 62.2 Å². The summed E-state index contributed by atoms with van der Waals surface area (Å²) in [7, 11) is 0. The summed E-state index contributed by atoms with van der Waals surface area (Å²) in [6.07, 6.45) is 3.41. The first kappa shape index (κ1) is 21.2. The highest BCUT2D eigenvalue weighted by atomic mass is 16.5. The number of nitrogens with one attached hydrogen (secondary N) is 1. The Kier molecular flexibility index (Phi) is 5.86. The van der Waals surface area contributed by atoms with Gasteiger partial charge in [0.05, 0.1) is 18.3 Å². The fourth-order valence-electron chi connectivity index (χ4n) is 4.26. The highest BCUT2D eigenvalue weighted by Crippen LogP contribution is 2.46. The maximum atomic E-state index is 13.4. The zero-order valence-electron chi connectivity index (χ0n) is 18.8. The van der Waals surface area contributed by atoms with Crippen LogP contribution < -0.4 is 4.74 Å². The number of hydrogen-bond donors (Lipinski definition) is 1.